The molecule has 2 aromatic carbocycles. The van der Waals surface area contributed by atoms with E-state index in [4.69, 9.17) is 15.2 Å². The third-order valence-electron chi connectivity index (χ3n) is 4.96. The second kappa shape index (κ2) is 9.01. The molecule has 2 N–H and O–H groups in total. The molecule has 5 heteroatoms. The van der Waals surface area contributed by atoms with Crippen LogP contribution in [-0.2, 0) is 9.53 Å². The Balaban J connectivity index is 1.65. The number of hydrogen-bond donors (Lipinski definition) is 1. The van der Waals surface area contributed by atoms with Crippen LogP contribution in [0.5, 0.6) is 5.75 Å². The third-order valence-corrected chi connectivity index (χ3v) is 4.96. The number of unbranched alkanes of at least 4 members (excludes halogenated alkanes) is 2. The van der Waals surface area contributed by atoms with Gasteiger partial charge in [0.05, 0.1) is 20.3 Å². The minimum atomic E-state index is -0.0664. The summed E-state index contributed by atoms with van der Waals surface area (Å²) in [5.74, 6) is 1.08. The number of carbonyl (C=O) groups is 1. The number of hydrogen-bond acceptors (Lipinski definition) is 4. The van der Waals surface area contributed by atoms with Gasteiger partial charge in [-0.1, -0.05) is 24.6 Å². The van der Waals surface area contributed by atoms with E-state index in [0.717, 1.165) is 41.3 Å². The number of fused-ring (bicyclic) bond motifs is 1. The lowest BCUT2D eigenvalue weighted by molar-refractivity contribution is -0.139. The molecular formula is C21H28N2O3. The van der Waals surface area contributed by atoms with Crippen LogP contribution in [0.1, 0.15) is 37.4 Å². The molecule has 0 saturated carbocycles. The Morgan fingerprint density at radius 3 is 2.81 bits per heavy atom. The molecule has 1 atom stereocenters. The zero-order valence-corrected chi connectivity index (χ0v) is 15.4. The normalized spacial score (nSPS) is 17.5. The van der Waals surface area contributed by atoms with E-state index in [1.54, 1.807) is 7.11 Å². The smallest absolute Gasteiger partial charge is 0.222 e. The molecule has 140 valence electrons. The number of carbonyl (C=O) groups excluding carboxylic acids is 1. The molecule has 2 aromatic rings. The number of benzene rings is 2. The van der Waals surface area contributed by atoms with Crippen LogP contribution in [0.15, 0.2) is 36.4 Å². The van der Waals surface area contributed by atoms with Crippen LogP contribution < -0.4 is 10.5 Å². The molecule has 5 nitrogen and oxygen atoms in total. The zero-order valence-electron chi connectivity index (χ0n) is 15.4. The molecule has 26 heavy (non-hydrogen) atoms. The Bertz CT molecular complexity index is 747. The topological polar surface area (TPSA) is 64.8 Å². The molecule has 1 saturated heterocycles. The molecule has 1 aliphatic heterocycles. The SMILES string of the molecule is COc1ccc2cc([C@@H]3CN(C(=O)CCCCCN)CCO3)ccc2c1. The molecule has 1 amide bonds. The van der Waals surface area contributed by atoms with Crippen molar-refractivity contribution >= 4 is 16.7 Å². The first-order chi connectivity index (χ1) is 12.7. The number of nitrogens with two attached hydrogens (primary N) is 1. The van der Waals surface area contributed by atoms with Gasteiger partial charge >= 0.3 is 0 Å². The van der Waals surface area contributed by atoms with Gasteiger partial charge in [-0.05, 0) is 53.9 Å². The molecule has 0 aromatic heterocycles. The van der Waals surface area contributed by atoms with Crippen LogP contribution in [0.25, 0.3) is 10.8 Å². The maximum Gasteiger partial charge on any atom is 0.222 e. The summed E-state index contributed by atoms with van der Waals surface area (Å²) in [6.45, 7) is 2.58. The predicted molar refractivity (Wildman–Crippen MR) is 103 cm³/mol. The van der Waals surface area contributed by atoms with Crippen LogP contribution in [0.3, 0.4) is 0 Å². The highest BCUT2D eigenvalue weighted by Crippen LogP contribution is 2.28. The number of amides is 1. The lowest BCUT2D eigenvalue weighted by atomic mass is 10.0. The first-order valence-electron chi connectivity index (χ1n) is 9.38. The van der Waals surface area contributed by atoms with Gasteiger partial charge in [-0.15, -0.1) is 0 Å². The molecule has 1 aliphatic rings. The Morgan fingerprint density at radius 1 is 1.19 bits per heavy atom. The van der Waals surface area contributed by atoms with Gasteiger partial charge in [0.25, 0.3) is 0 Å². The van der Waals surface area contributed by atoms with Gasteiger partial charge in [0.1, 0.15) is 11.9 Å². The van der Waals surface area contributed by atoms with Crippen LogP contribution >= 0.6 is 0 Å². The van der Waals surface area contributed by atoms with Crippen molar-refractivity contribution in [3.05, 3.63) is 42.0 Å². The fourth-order valence-corrected chi connectivity index (χ4v) is 3.40. The van der Waals surface area contributed by atoms with Crippen molar-refractivity contribution in [1.29, 1.82) is 0 Å². The van der Waals surface area contributed by atoms with Crippen molar-refractivity contribution in [3.8, 4) is 5.75 Å². The van der Waals surface area contributed by atoms with Crippen LogP contribution in [0, 0.1) is 0 Å². The van der Waals surface area contributed by atoms with Crippen molar-refractivity contribution in [2.75, 3.05) is 33.4 Å². The number of rotatable bonds is 7. The van der Waals surface area contributed by atoms with Gasteiger partial charge in [-0.2, -0.15) is 0 Å². The molecule has 0 aliphatic carbocycles. The fourth-order valence-electron chi connectivity index (χ4n) is 3.40. The summed E-state index contributed by atoms with van der Waals surface area (Å²) in [5, 5.41) is 2.29. The predicted octanol–water partition coefficient (Wildman–Crippen LogP) is 3.27. The van der Waals surface area contributed by atoms with Crippen molar-refractivity contribution < 1.29 is 14.3 Å². The summed E-state index contributed by atoms with van der Waals surface area (Å²) in [6, 6.07) is 12.4. The number of ether oxygens (including phenoxy) is 2. The van der Waals surface area contributed by atoms with Gasteiger partial charge in [0, 0.05) is 13.0 Å². The third kappa shape index (κ3) is 4.54. The highest BCUT2D eigenvalue weighted by molar-refractivity contribution is 5.84. The second-order valence-electron chi connectivity index (χ2n) is 6.77. The fraction of sp³-hybridized carbons (Fsp3) is 0.476. The Labute approximate surface area is 155 Å². The first-order valence-corrected chi connectivity index (χ1v) is 9.38. The molecule has 0 radical (unpaired) electrons. The van der Waals surface area contributed by atoms with Crippen LogP contribution in [-0.4, -0.2) is 44.2 Å². The van der Waals surface area contributed by atoms with Gasteiger partial charge in [0.2, 0.25) is 5.91 Å². The summed E-state index contributed by atoms with van der Waals surface area (Å²) in [6.07, 6.45) is 3.45. The summed E-state index contributed by atoms with van der Waals surface area (Å²) in [4.78, 5) is 14.4. The summed E-state index contributed by atoms with van der Waals surface area (Å²) in [7, 11) is 1.67. The average Bonchev–Trinajstić information content (AvgIpc) is 2.70. The molecule has 1 fully saturated rings. The lowest BCUT2D eigenvalue weighted by Gasteiger charge is -2.33. The molecule has 3 rings (SSSR count). The minimum Gasteiger partial charge on any atom is -0.497 e. The monoisotopic (exact) mass is 356 g/mol. The summed E-state index contributed by atoms with van der Waals surface area (Å²) >= 11 is 0. The van der Waals surface area contributed by atoms with Gasteiger partial charge in [0.15, 0.2) is 0 Å². The van der Waals surface area contributed by atoms with E-state index in [9.17, 15) is 4.79 Å². The minimum absolute atomic E-state index is 0.0664. The van der Waals surface area contributed by atoms with Gasteiger partial charge < -0.3 is 20.1 Å². The zero-order chi connectivity index (χ0) is 18.4. The maximum absolute atomic E-state index is 12.4. The summed E-state index contributed by atoms with van der Waals surface area (Å²) < 4.78 is 11.2. The van der Waals surface area contributed by atoms with E-state index >= 15 is 0 Å². The summed E-state index contributed by atoms with van der Waals surface area (Å²) in [5.41, 5.74) is 6.62. The standard InChI is InChI=1S/C21H28N2O3/c1-25-19-9-8-16-13-18(7-6-17(16)14-19)20-15-23(11-12-26-20)21(24)5-3-2-4-10-22/h6-9,13-14,20H,2-5,10-12,15,22H2,1H3/t20-/m0/s1. The molecule has 0 spiro atoms. The lowest BCUT2D eigenvalue weighted by Crippen LogP contribution is -2.42. The molecule has 0 bridgehead atoms. The number of morpholine rings is 1. The maximum atomic E-state index is 12.4. The highest BCUT2D eigenvalue weighted by Gasteiger charge is 2.25. The number of nitrogens with zero attached hydrogens (tertiary/aromatic N) is 1. The van der Waals surface area contributed by atoms with Crippen molar-refractivity contribution in [1.82, 2.24) is 4.90 Å². The van der Waals surface area contributed by atoms with Crippen LogP contribution in [0.4, 0.5) is 0 Å². The Hall–Kier alpha value is -2.11. The van der Waals surface area contributed by atoms with Gasteiger partial charge in [-0.25, -0.2) is 0 Å². The molecule has 1 heterocycles. The van der Waals surface area contributed by atoms with Crippen molar-refractivity contribution in [3.63, 3.8) is 0 Å². The van der Waals surface area contributed by atoms with E-state index in [1.165, 1.54) is 0 Å². The van der Waals surface area contributed by atoms with E-state index in [-0.39, 0.29) is 12.0 Å². The molecular weight excluding hydrogens is 328 g/mol. The first kappa shape index (κ1) is 18.7. The van der Waals surface area contributed by atoms with Crippen molar-refractivity contribution in [2.24, 2.45) is 5.73 Å². The largest absolute Gasteiger partial charge is 0.497 e. The quantitative estimate of drug-likeness (QED) is 0.774. The Morgan fingerprint density at radius 2 is 2.00 bits per heavy atom. The van der Waals surface area contributed by atoms with E-state index in [2.05, 4.69) is 24.3 Å². The highest BCUT2D eigenvalue weighted by atomic mass is 16.5. The van der Waals surface area contributed by atoms with E-state index < -0.39 is 0 Å². The van der Waals surface area contributed by atoms with Crippen molar-refractivity contribution in [2.45, 2.75) is 31.8 Å². The molecule has 0 unspecified atom stereocenters. The Kier molecular flexibility index (Phi) is 6.47. The van der Waals surface area contributed by atoms with E-state index in [1.807, 2.05) is 17.0 Å². The van der Waals surface area contributed by atoms with E-state index in [0.29, 0.717) is 32.7 Å². The second-order valence-corrected chi connectivity index (χ2v) is 6.77. The average molecular weight is 356 g/mol. The van der Waals surface area contributed by atoms with Gasteiger partial charge in [-0.3, -0.25) is 4.79 Å². The van der Waals surface area contributed by atoms with Crippen LogP contribution in [0.2, 0.25) is 0 Å². The number of methoxy groups -OCH3 is 1.